The number of hydrogen-bond donors (Lipinski definition) is 3. The lowest BCUT2D eigenvalue weighted by molar-refractivity contribution is -0.125. The molecule has 0 radical (unpaired) electrons. The third-order valence-corrected chi connectivity index (χ3v) is 5.85. The van der Waals surface area contributed by atoms with Crippen LogP contribution in [0.2, 0.25) is 0 Å². The molecule has 1 aromatic heterocycles. The highest BCUT2D eigenvalue weighted by molar-refractivity contribution is 5.96. The molecule has 3 rings (SSSR count). The maximum Gasteiger partial charge on any atom is 0.270 e. The number of nitrogens with zero attached hydrogens (tertiary/aromatic N) is 1. The van der Waals surface area contributed by atoms with Gasteiger partial charge in [-0.15, -0.1) is 0 Å². The van der Waals surface area contributed by atoms with Gasteiger partial charge in [0.15, 0.2) is 5.43 Å². The van der Waals surface area contributed by atoms with Crippen molar-refractivity contribution in [3.8, 4) is 11.1 Å². The SMILES string of the molecule is Cc1cccc(C(=O)N[C@@H](CC(C)C)C(=O)N[C@@H](C(C)C)[C@@H](O)c2c(-c3ccccc3)c2=O)n1. The van der Waals surface area contributed by atoms with Crippen molar-refractivity contribution in [2.45, 2.75) is 59.2 Å². The molecule has 7 nitrogen and oxygen atoms in total. The summed E-state index contributed by atoms with van der Waals surface area (Å²) in [5, 5.41) is 16.7. The average Bonchev–Trinajstić information content (AvgIpc) is 3.47. The van der Waals surface area contributed by atoms with E-state index in [1.165, 1.54) is 0 Å². The van der Waals surface area contributed by atoms with Crippen molar-refractivity contribution in [3.63, 3.8) is 0 Å². The predicted molar refractivity (Wildman–Crippen MR) is 132 cm³/mol. The second-order valence-electron chi connectivity index (χ2n) is 9.53. The van der Waals surface area contributed by atoms with E-state index in [0.717, 1.165) is 5.56 Å². The summed E-state index contributed by atoms with van der Waals surface area (Å²) in [7, 11) is 0. The Hall–Kier alpha value is -3.32. The average molecular weight is 464 g/mol. The van der Waals surface area contributed by atoms with Crippen LogP contribution in [0.1, 0.15) is 62.0 Å². The highest BCUT2D eigenvalue weighted by Crippen LogP contribution is 2.33. The molecule has 3 N–H and O–H groups in total. The Kier molecular flexibility index (Phi) is 7.99. The van der Waals surface area contributed by atoms with E-state index in [4.69, 9.17) is 0 Å². The number of nitrogens with one attached hydrogen (secondary N) is 2. The minimum Gasteiger partial charge on any atom is -0.386 e. The molecule has 3 atom stereocenters. The molecule has 0 fully saturated rings. The smallest absolute Gasteiger partial charge is 0.270 e. The number of aliphatic hydroxyl groups excluding tert-OH is 1. The van der Waals surface area contributed by atoms with Gasteiger partial charge in [0.05, 0.1) is 6.04 Å². The molecule has 1 heterocycles. The number of carbonyl (C=O) groups excluding carboxylic acids is 2. The lowest BCUT2D eigenvalue weighted by atomic mass is 9.95. The second-order valence-corrected chi connectivity index (χ2v) is 9.53. The van der Waals surface area contributed by atoms with Gasteiger partial charge in [-0.2, -0.15) is 0 Å². The molecule has 180 valence electrons. The van der Waals surface area contributed by atoms with Crippen LogP contribution in [0.15, 0.2) is 53.3 Å². The molecule has 34 heavy (non-hydrogen) atoms. The van der Waals surface area contributed by atoms with Crippen molar-refractivity contribution in [1.82, 2.24) is 15.6 Å². The number of aryl methyl sites for hydroxylation is 1. The third kappa shape index (κ3) is 5.97. The van der Waals surface area contributed by atoms with E-state index < -0.39 is 30.0 Å². The van der Waals surface area contributed by atoms with Gasteiger partial charge in [0, 0.05) is 16.8 Å². The molecule has 0 aliphatic rings. The number of benzene rings is 1. The normalized spacial score (nSPS) is 14.2. The van der Waals surface area contributed by atoms with E-state index in [1.54, 1.807) is 25.1 Å². The maximum absolute atomic E-state index is 13.2. The topological polar surface area (TPSA) is 108 Å². The Bertz CT molecular complexity index is 1150. The Labute approximate surface area is 200 Å². The zero-order chi connectivity index (χ0) is 25.0. The summed E-state index contributed by atoms with van der Waals surface area (Å²) in [6.07, 6.45) is -0.721. The van der Waals surface area contributed by atoms with Crippen LogP contribution in [0.25, 0.3) is 11.1 Å². The van der Waals surface area contributed by atoms with E-state index in [2.05, 4.69) is 15.6 Å². The number of aliphatic hydroxyl groups is 1. The van der Waals surface area contributed by atoms with Crippen molar-refractivity contribution in [2.75, 3.05) is 0 Å². The van der Waals surface area contributed by atoms with Gasteiger partial charge in [-0.1, -0.05) is 64.1 Å². The molecule has 7 heteroatoms. The standard InChI is InChI=1S/C27H33N3O4/c1-15(2)14-20(29-26(33)19-13-9-10-17(5)28-19)27(34)30-23(16(3)4)25(32)22-21(24(22)31)18-11-7-6-8-12-18/h6-13,15-16,20,23,25,32H,14H2,1-5H3,(H,29,33)(H,30,34)/t20-,23-,25-/m0/s1. The van der Waals surface area contributed by atoms with Crippen molar-refractivity contribution in [2.24, 2.45) is 11.8 Å². The lowest BCUT2D eigenvalue weighted by Crippen LogP contribution is -2.52. The van der Waals surface area contributed by atoms with Gasteiger partial charge in [-0.25, -0.2) is 4.98 Å². The first-order chi connectivity index (χ1) is 16.1. The second kappa shape index (κ2) is 10.7. The zero-order valence-electron chi connectivity index (χ0n) is 20.3. The molecule has 2 aromatic carbocycles. The molecule has 0 saturated carbocycles. The van der Waals surface area contributed by atoms with Crippen LogP contribution in [0.5, 0.6) is 0 Å². The van der Waals surface area contributed by atoms with Crippen LogP contribution in [-0.2, 0) is 4.79 Å². The van der Waals surface area contributed by atoms with Crippen LogP contribution in [0, 0.1) is 18.8 Å². The molecule has 0 spiro atoms. The van der Waals surface area contributed by atoms with Gasteiger partial charge >= 0.3 is 0 Å². The molecule has 0 aliphatic heterocycles. The number of carbonyl (C=O) groups is 2. The lowest BCUT2D eigenvalue weighted by Gasteiger charge is -2.29. The van der Waals surface area contributed by atoms with Crippen molar-refractivity contribution in [1.29, 1.82) is 0 Å². The highest BCUT2D eigenvalue weighted by atomic mass is 16.3. The van der Waals surface area contributed by atoms with Crippen molar-refractivity contribution < 1.29 is 14.7 Å². The highest BCUT2D eigenvalue weighted by Gasteiger charge is 2.37. The van der Waals surface area contributed by atoms with E-state index in [1.807, 2.05) is 58.0 Å². The fraction of sp³-hybridized carbons (Fsp3) is 0.407. The van der Waals surface area contributed by atoms with E-state index >= 15 is 0 Å². The Balaban J connectivity index is 1.76. The van der Waals surface area contributed by atoms with Gasteiger partial charge in [0.1, 0.15) is 17.8 Å². The summed E-state index contributed by atoms with van der Waals surface area (Å²) in [5.74, 6) is -0.841. The zero-order valence-corrected chi connectivity index (χ0v) is 20.3. The fourth-order valence-electron chi connectivity index (χ4n) is 4.02. The van der Waals surface area contributed by atoms with Gasteiger partial charge in [0.25, 0.3) is 5.91 Å². The number of amides is 2. The number of rotatable bonds is 10. The molecule has 0 unspecified atom stereocenters. The van der Waals surface area contributed by atoms with Crippen molar-refractivity contribution in [3.05, 3.63) is 75.7 Å². The predicted octanol–water partition coefficient (Wildman–Crippen LogP) is 3.31. The number of hydrogen-bond acceptors (Lipinski definition) is 5. The van der Waals surface area contributed by atoms with Crippen LogP contribution >= 0.6 is 0 Å². The summed E-state index contributed by atoms with van der Waals surface area (Å²) < 4.78 is 0. The molecule has 3 aromatic rings. The molecular formula is C27H33N3O4. The van der Waals surface area contributed by atoms with E-state index in [0.29, 0.717) is 23.2 Å². The summed E-state index contributed by atoms with van der Waals surface area (Å²) in [6.45, 7) is 9.46. The van der Waals surface area contributed by atoms with Crippen LogP contribution in [0.3, 0.4) is 0 Å². The summed E-state index contributed by atoms with van der Waals surface area (Å²) in [6, 6.07) is 12.8. The van der Waals surface area contributed by atoms with Crippen molar-refractivity contribution >= 4 is 11.8 Å². The van der Waals surface area contributed by atoms with Gasteiger partial charge in [-0.05, 0) is 42.9 Å². The minimum atomic E-state index is -1.14. The first kappa shape index (κ1) is 25.3. The van der Waals surface area contributed by atoms with Crippen LogP contribution in [0.4, 0.5) is 0 Å². The Morgan fingerprint density at radius 1 is 0.971 bits per heavy atom. The van der Waals surface area contributed by atoms with Crippen LogP contribution in [-0.4, -0.2) is 34.0 Å². The van der Waals surface area contributed by atoms with Crippen LogP contribution < -0.4 is 16.1 Å². The summed E-state index contributed by atoms with van der Waals surface area (Å²) >= 11 is 0. The largest absolute Gasteiger partial charge is 0.386 e. The van der Waals surface area contributed by atoms with Gasteiger partial charge in [-0.3, -0.25) is 14.4 Å². The van der Waals surface area contributed by atoms with E-state index in [-0.39, 0.29) is 23.0 Å². The third-order valence-electron chi connectivity index (χ3n) is 5.85. The Morgan fingerprint density at radius 3 is 2.24 bits per heavy atom. The fourth-order valence-corrected chi connectivity index (χ4v) is 4.02. The number of aromatic nitrogens is 1. The summed E-state index contributed by atoms with van der Waals surface area (Å²) in [5.41, 5.74) is 2.35. The Morgan fingerprint density at radius 2 is 1.65 bits per heavy atom. The first-order valence-electron chi connectivity index (χ1n) is 11.7. The maximum atomic E-state index is 13.2. The quantitative estimate of drug-likeness (QED) is 0.427. The first-order valence-corrected chi connectivity index (χ1v) is 11.7. The monoisotopic (exact) mass is 463 g/mol. The number of pyridine rings is 1. The molecule has 0 aliphatic carbocycles. The summed E-state index contributed by atoms with van der Waals surface area (Å²) in [4.78, 5) is 42.7. The van der Waals surface area contributed by atoms with Gasteiger partial charge < -0.3 is 15.7 Å². The molecule has 0 bridgehead atoms. The molecular weight excluding hydrogens is 430 g/mol. The minimum absolute atomic E-state index is 0.140. The van der Waals surface area contributed by atoms with Gasteiger partial charge in [0.2, 0.25) is 5.91 Å². The van der Waals surface area contributed by atoms with E-state index in [9.17, 15) is 19.5 Å². The molecule has 2 amide bonds. The molecule has 0 saturated heterocycles.